The fraction of sp³-hybridized carbons (Fsp3) is 0.417. The summed E-state index contributed by atoms with van der Waals surface area (Å²) in [6.45, 7) is 3.15. The monoisotopic (exact) mass is 266 g/mol. The topological polar surface area (TPSA) is 27.0 Å². The molecule has 0 amide bonds. The minimum absolute atomic E-state index is 0.733. The van der Waals surface area contributed by atoms with Crippen LogP contribution < -0.4 is 4.90 Å². The van der Waals surface area contributed by atoms with Gasteiger partial charge in [-0.2, -0.15) is 5.26 Å². The minimum atomic E-state index is 0.733. The molecule has 0 radical (unpaired) electrons. The van der Waals surface area contributed by atoms with Gasteiger partial charge in [0.1, 0.15) is 6.07 Å². The van der Waals surface area contributed by atoms with Crippen molar-refractivity contribution in [3.8, 4) is 6.07 Å². The standard InChI is InChI=1S/C12H15BrN2/c1-3-4-7-15(2)12-8-11(13)6-5-10(12)9-14/h5-6,8H,3-4,7H2,1-2H3. The third-order valence-electron chi connectivity index (χ3n) is 2.34. The zero-order valence-electron chi connectivity index (χ0n) is 9.13. The van der Waals surface area contributed by atoms with Crippen molar-refractivity contribution in [2.75, 3.05) is 18.5 Å². The summed E-state index contributed by atoms with van der Waals surface area (Å²) >= 11 is 3.43. The van der Waals surface area contributed by atoms with Crippen molar-refractivity contribution >= 4 is 21.6 Å². The lowest BCUT2D eigenvalue weighted by Gasteiger charge is -2.20. The average Bonchev–Trinajstić information content (AvgIpc) is 2.25. The number of anilines is 1. The number of hydrogen-bond donors (Lipinski definition) is 0. The first-order valence-electron chi connectivity index (χ1n) is 5.09. The van der Waals surface area contributed by atoms with E-state index in [9.17, 15) is 0 Å². The number of rotatable bonds is 4. The Kier molecular flexibility index (Phi) is 4.64. The van der Waals surface area contributed by atoms with Crippen LogP contribution in [0.1, 0.15) is 25.3 Å². The Hall–Kier alpha value is -1.01. The molecule has 0 spiro atoms. The molecular weight excluding hydrogens is 252 g/mol. The summed E-state index contributed by atoms with van der Waals surface area (Å²) in [6, 6.07) is 7.96. The van der Waals surface area contributed by atoms with E-state index in [1.54, 1.807) is 0 Å². The first-order valence-corrected chi connectivity index (χ1v) is 5.89. The molecule has 0 saturated carbocycles. The molecule has 3 heteroatoms. The predicted molar refractivity (Wildman–Crippen MR) is 67.0 cm³/mol. The molecule has 0 aromatic heterocycles. The Morgan fingerprint density at radius 1 is 1.47 bits per heavy atom. The van der Waals surface area contributed by atoms with Crippen molar-refractivity contribution in [3.05, 3.63) is 28.2 Å². The second kappa shape index (κ2) is 5.77. The molecular formula is C12H15BrN2. The summed E-state index contributed by atoms with van der Waals surface area (Å²) in [5.74, 6) is 0. The van der Waals surface area contributed by atoms with Gasteiger partial charge in [-0.25, -0.2) is 0 Å². The van der Waals surface area contributed by atoms with Crippen LogP contribution in [0.4, 0.5) is 5.69 Å². The van der Waals surface area contributed by atoms with E-state index in [0.29, 0.717) is 0 Å². The van der Waals surface area contributed by atoms with Gasteiger partial charge in [0.25, 0.3) is 0 Å². The second-order valence-corrected chi connectivity index (χ2v) is 4.46. The highest BCUT2D eigenvalue weighted by molar-refractivity contribution is 9.10. The molecule has 0 aliphatic rings. The van der Waals surface area contributed by atoms with Crippen molar-refractivity contribution in [2.24, 2.45) is 0 Å². The van der Waals surface area contributed by atoms with E-state index in [1.165, 1.54) is 6.42 Å². The van der Waals surface area contributed by atoms with Crippen molar-refractivity contribution < 1.29 is 0 Å². The normalized spacial score (nSPS) is 9.73. The van der Waals surface area contributed by atoms with Gasteiger partial charge in [0.15, 0.2) is 0 Å². The Morgan fingerprint density at radius 2 is 2.20 bits per heavy atom. The Morgan fingerprint density at radius 3 is 2.80 bits per heavy atom. The van der Waals surface area contributed by atoms with Crippen LogP contribution in [0, 0.1) is 11.3 Å². The Balaban J connectivity index is 2.91. The van der Waals surface area contributed by atoms with Crippen LogP contribution in [-0.4, -0.2) is 13.6 Å². The van der Waals surface area contributed by atoms with Crippen molar-refractivity contribution in [1.29, 1.82) is 5.26 Å². The Labute approximate surface area is 99.6 Å². The fourth-order valence-electron chi connectivity index (χ4n) is 1.43. The summed E-state index contributed by atoms with van der Waals surface area (Å²) in [5.41, 5.74) is 1.73. The van der Waals surface area contributed by atoms with Crippen LogP contribution in [0.2, 0.25) is 0 Å². The van der Waals surface area contributed by atoms with Crippen LogP contribution >= 0.6 is 15.9 Å². The van der Waals surface area contributed by atoms with Gasteiger partial charge in [-0.15, -0.1) is 0 Å². The number of unbranched alkanes of at least 4 members (excludes halogenated alkanes) is 1. The molecule has 0 aliphatic carbocycles. The van der Waals surface area contributed by atoms with E-state index >= 15 is 0 Å². The first-order chi connectivity index (χ1) is 7.19. The zero-order chi connectivity index (χ0) is 11.3. The molecule has 0 aliphatic heterocycles. The summed E-state index contributed by atoms with van der Waals surface area (Å²) in [7, 11) is 2.03. The van der Waals surface area contributed by atoms with Gasteiger partial charge in [-0.1, -0.05) is 29.3 Å². The highest BCUT2D eigenvalue weighted by Gasteiger charge is 2.07. The molecule has 0 unspecified atom stereocenters. The first kappa shape index (κ1) is 12.1. The van der Waals surface area contributed by atoms with Crippen LogP contribution in [0.15, 0.2) is 22.7 Å². The molecule has 0 N–H and O–H groups in total. The van der Waals surface area contributed by atoms with E-state index in [4.69, 9.17) is 5.26 Å². The molecule has 15 heavy (non-hydrogen) atoms. The summed E-state index contributed by atoms with van der Waals surface area (Å²) in [6.07, 6.45) is 2.31. The summed E-state index contributed by atoms with van der Waals surface area (Å²) < 4.78 is 1.01. The number of nitrogens with zero attached hydrogens (tertiary/aromatic N) is 2. The zero-order valence-corrected chi connectivity index (χ0v) is 10.7. The lowest BCUT2D eigenvalue weighted by Crippen LogP contribution is -2.19. The number of hydrogen-bond acceptors (Lipinski definition) is 2. The van der Waals surface area contributed by atoms with E-state index < -0.39 is 0 Å². The summed E-state index contributed by atoms with van der Waals surface area (Å²) in [5, 5.41) is 8.99. The van der Waals surface area contributed by atoms with Gasteiger partial charge in [0, 0.05) is 18.1 Å². The molecule has 1 rings (SSSR count). The van der Waals surface area contributed by atoms with Gasteiger partial charge in [0.2, 0.25) is 0 Å². The predicted octanol–water partition coefficient (Wildman–Crippen LogP) is 3.56. The lowest BCUT2D eigenvalue weighted by atomic mass is 10.1. The molecule has 0 fully saturated rings. The van der Waals surface area contributed by atoms with Crippen LogP contribution in [-0.2, 0) is 0 Å². The SMILES string of the molecule is CCCCN(C)c1cc(Br)ccc1C#N. The average molecular weight is 267 g/mol. The van der Waals surface area contributed by atoms with Gasteiger partial charge in [-0.05, 0) is 24.6 Å². The second-order valence-electron chi connectivity index (χ2n) is 3.55. The van der Waals surface area contributed by atoms with E-state index in [-0.39, 0.29) is 0 Å². The molecule has 1 aromatic carbocycles. The van der Waals surface area contributed by atoms with E-state index in [1.807, 2.05) is 25.2 Å². The molecule has 2 nitrogen and oxygen atoms in total. The summed E-state index contributed by atoms with van der Waals surface area (Å²) in [4.78, 5) is 2.13. The van der Waals surface area contributed by atoms with Crippen LogP contribution in [0.5, 0.6) is 0 Å². The quantitative estimate of drug-likeness (QED) is 0.834. The largest absolute Gasteiger partial charge is 0.373 e. The Bertz CT molecular complexity index is 368. The highest BCUT2D eigenvalue weighted by Crippen LogP contribution is 2.23. The van der Waals surface area contributed by atoms with Gasteiger partial charge >= 0.3 is 0 Å². The van der Waals surface area contributed by atoms with E-state index in [2.05, 4.69) is 33.8 Å². The maximum absolute atomic E-state index is 8.99. The molecule has 0 atom stereocenters. The molecule has 80 valence electrons. The van der Waals surface area contributed by atoms with E-state index in [0.717, 1.165) is 28.7 Å². The van der Waals surface area contributed by atoms with Crippen molar-refractivity contribution in [2.45, 2.75) is 19.8 Å². The van der Waals surface area contributed by atoms with Crippen molar-refractivity contribution in [3.63, 3.8) is 0 Å². The highest BCUT2D eigenvalue weighted by atomic mass is 79.9. The number of nitriles is 1. The molecule has 0 bridgehead atoms. The van der Waals surface area contributed by atoms with Gasteiger partial charge in [-0.3, -0.25) is 0 Å². The molecule has 0 heterocycles. The van der Waals surface area contributed by atoms with Crippen LogP contribution in [0.25, 0.3) is 0 Å². The number of benzene rings is 1. The third kappa shape index (κ3) is 3.24. The number of halogens is 1. The molecule has 0 saturated heterocycles. The van der Waals surface area contributed by atoms with Gasteiger partial charge < -0.3 is 4.90 Å². The van der Waals surface area contributed by atoms with Crippen LogP contribution in [0.3, 0.4) is 0 Å². The molecule has 1 aromatic rings. The lowest BCUT2D eigenvalue weighted by molar-refractivity contribution is 0.766. The maximum Gasteiger partial charge on any atom is 0.101 e. The smallest absolute Gasteiger partial charge is 0.101 e. The van der Waals surface area contributed by atoms with Crippen molar-refractivity contribution in [1.82, 2.24) is 0 Å². The third-order valence-corrected chi connectivity index (χ3v) is 2.83. The van der Waals surface area contributed by atoms with Gasteiger partial charge in [0.05, 0.1) is 11.3 Å². The maximum atomic E-state index is 8.99. The minimum Gasteiger partial charge on any atom is -0.373 e. The fourth-order valence-corrected chi connectivity index (χ4v) is 1.78.